The Balaban J connectivity index is 2.37. The largest absolute Gasteiger partial charge is 0.452 e. The summed E-state index contributed by atoms with van der Waals surface area (Å²) >= 11 is 1.05. The predicted molar refractivity (Wildman–Crippen MR) is 82.3 cm³/mol. The van der Waals surface area contributed by atoms with Crippen molar-refractivity contribution in [2.75, 3.05) is 13.6 Å². The molecule has 3 N–H and O–H groups in total. The third-order valence-electron chi connectivity index (χ3n) is 2.52. The van der Waals surface area contributed by atoms with Gasteiger partial charge in [-0.3, -0.25) is 14.9 Å². The van der Waals surface area contributed by atoms with Gasteiger partial charge in [0.05, 0.1) is 6.42 Å². The predicted octanol–water partition coefficient (Wildman–Crippen LogP) is -0.196. The van der Waals surface area contributed by atoms with E-state index in [1.807, 2.05) is 5.32 Å². The van der Waals surface area contributed by atoms with E-state index in [9.17, 15) is 22.8 Å². The summed E-state index contributed by atoms with van der Waals surface area (Å²) in [4.78, 5) is 34.0. The SMILES string of the molecule is CNC(=O)NC(=O)C(C)OC(=O)CCNS(=O)(=O)c1cccs1. The van der Waals surface area contributed by atoms with Crippen molar-refractivity contribution in [1.82, 2.24) is 15.4 Å². The lowest BCUT2D eigenvalue weighted by molar-refractivity contribution is -0.154. The van der Waals surface area contributed by atoms with Crippen molar-refractivity contribution in [2.45, 2.75) is 23.7 Å². The molecule has 1 aromatic rings. The molecule has 0 aliphatic carbocycles. The first kappa shape index (κ1) is 19.1. The van der Waals surface area contributed by atoms with Crippen molar-refractivity contribution in [3.8, 4) is 0 Å². The lowest BCUT2D eigenvalue weighted by Crippen LogP contribution is -2.43. The van der Waals surface area contributed by atoms with E-state index in [2.05, 4.69) is 10.0 Å². The van der Waals surface area contributed by atoms with Gasteiger partial charge < -0.3 is 10.1 Å². The number of rotatable bonds is 7. The van der Waals surface area contributed by atoms with Crippen LogP contribution in [0.5, 0.6) is 0 Å². The van der Waals surface area contributed by atoms with Crippen LogP contribution in [0.15, 0.2) is 21.7 Å². The van der Waals surface area contributed by atoms with Crippen LogP contribution in [0.4, 0.5) is 4.79 Å². The molecule has 0 aromatic carbocycles. The highest BCUT2D eigenvalue weighted by atomic mass is 32.2. The second kappa shape index (κ2) is 8.60. The van der Waals surface area contributed by atoms with Crippen molar-refractivity contribution in [3.63, 3.8) is 0 Å². The third kappa shape index (κ3) is 6.34. The molecular weight excluding hydrogens is 346 g/mol. The third-order valence-corrected chi connectivity index (χ3v) is 5.38. The number of ether oxygens (including phenoxy) is 1. The molecule has 0 bridgehead atoms. The summed E-state index contributed by atoms with van der Waals surface area (Å²) < 4.78 is 30.8. The molecule has 1 rings (SSSR count). The molecule has 1 atom stereocenters. The van der Waals surface area contributed by atoms with E-state index in [-0.39, 0.29) is 17.2 Å². The number of carbonyl (C=O) groups excluding carboxylic acids is 3. The minimum Gasteiger partial charge on any atom is -0.452 e. The Morgan fingerprint density at radius 3 is 2.61 bits per heavy atom. The number of nitrogens with one attached hydrogen (secondary N) is 3. The monoisotopic (exact) mass is 363 g/mol. The first-order chi connectivity index (χ1) is 10.8. The van der Waals surface area contributed by atoms with E-state index >= 15 is 0 Å². The summed E-state index contributed by atoms with van der Waals surface area (Å²) in [6.45, 7) is 1.13. The van der Waals surface area contributed by atoms with Crippen molar-refractivity contribution in [1.29, 1.82) is 0 Å². The zero-order chi connectivity index (χ0) is 17.5. The summed E-state index contributed by atoms with van der Waals surface area (Å²) in [5.41, 5.74) is 0. The van der Waals surface area contributed by atoms with E-state index in [0.29, 0.717) is 0 Å². The van der Waals surface area contributed by atoms with Gasteiger partial charge in [-0.05, 0) is 18.4 Å². The van der Waals surface area contributed by atoms with Crippen LogP contribution in [0.2, 0.25) is 0 Å². The number of amides is 3. The molecule has 1 heterocycles. The van der Waals surface area contributed by atoms with Gasteiger partial charge in [-0.2, -0.15) is 0 Å². The van der Waals surface area contributed by atoms with E-state index in [1.54, 1.807) is 11.4 Å². The highest BCUT2D eigenvalue weighted by molar-refractivity contribution is 7.91. The Labute approximate surface area is 137 Å². The van der Waals surface area contributed by atoms with Crippen LogP contribution in [0, 0.1) is 0 Å². The molecule has 23 heavy (non-hydrogen) atoms. The fraction of sp³-hybridized carbons (Fsp3) is 0.417. The molecular formula is C12H17N3O6S2. The Morgan fingerprint density at radius 2 is 2.04 bits per heavy atom. The maximum absolute atomic E-state index is 11.8. The van der Waals surface area contributed by atoms with Crippen LogP contribution in [0.3, 0.4) is 0 Å². The maximum Gasteiger partial charge on any atom is 0.321 e. The lowest BCUT2D eigenvalue weighted by atomic mass is 10.3. The second-order valence-electron chi connectivity index (χ2n) is 4.28. The molecule has 0 spiro atoms. The molecule has 0 aliphatic heterocycles. The average Bonchev–Trinajstić information content (AvgIpc) is 3.01. The molecule has 1 aromatic heterocycles. The number of hydrogen-bond donors (Lipinski definition) is 3. The number of imide groups is 1. The normalized spacial score (nSPS) is 12.3. The summed E-state index contributed by atoms with van der Waals surface area (Å²) in [7, 11) is -2.32. The Morgan fingerprint density at radius 1 is 1.35 bits per heavy atom. The van der Waals surface area contributed by atoms with Gasteiger partial charge in [-0.15, -0.1) is 11.3 Å². The molecule has 0 fully saturated rings. The molecule has 0 saturated heterocycles. The smallest absolute Gasteiger partial charge is 0.321 e. The minimum absolute atomic E-state index is 0.143. The molecule has 1 unspecified atom stereocenters. The topological polar surface area (TPSA) is 131 Å². The summed E-state index contributed by atoms with van der Waals surface area (Å²) in [5, 5.41) is 5.76. The van der Waals surface area contributed by atoms with Gasteiger partial charge >= 0.3 is 12.0 Å². The van der Waals surface area contributed by atoms with Crippen molar-refractivity contribution < 1.29 is 27.5 Å². The van der Waals surface area contributed by atoms with Gasteiger partial charge in [0.1, 0.15) is 4.21 Å². The van der Waals surface area contributed by atoms with Crippen LogP contribution in [0.1, 0.15) is 13.3 Å². The van der Waals surface area contributed by atoms with Crippen molar-refractivity contribution in [2.24, 2.45) is 0 Å². The van der Waals surface area contributed by atoms with Crippen molar-refractivity contribution in [3.05, 3.63) is 17.5 Å². The fourth-order valence-electron chi connectivity index (χ4n) is 1.36. The Kier molecular flexibility index (Phi) is 7.13. The lowest BCUT2D eigenvalue weighted by Gasteiger charge is -2.12. The molecule has 9 nitrogen and oxygen atoms in total. The van der Waals surface area contributed by atoms with Gasteiger partial charge in [0.15, 0.2) is 6.10 Å². The van der Waals surface area contributed by atoms with Crippen molar-refractivity contribution >= 4 is 39.3 Å². The average molecular weight is 363 g/mol. The number of carbonyl (C=O) groups is 3. The number of hydrogen-bond acceptors (Lipinski definition) is 7. The zero-order valence-electron chi connectivity index (χ0n) is 12.5. The fourth-order valence-corrected chi connectivity index (χ4v) is 3.43. The van der Waals surface area contributed by atoms with E-state index in [4.69, 9.17) is 4.74 Å². The highest BCUT2D eigenvalue weighted by Gasteiger charge is 2.20. The van der Waals surface area contributed by atoms with E-state index < -0.39 is 34.0 Å². The Hall–Kier alpha value is -1.98. The first-order valence-electron chi connectivity index (χ1n) is 6.51. The van der Waals surface area contributed by atoms with Gasteiger partial charge in [-0.1, -0.05) is 6.07 Å². The maximum atomic E-state index is 11.8. The van der Waals surface area contributed by atoms with Crippen LogP contribution in [0.25, 0.3) is 0 Å². The quantitative estimate of drug-likeness (QED) is 0.575. The second-order valence-corrected chi connectivity index (χ2v) is 7.22. The molecule has 3 amide bonds. The minimum atomic E-state index is -3.65. The van der Waals surface area contributed by atoms with Gasteiger partial charge in [0.25, 0.3) is 5.91 Å². The highest BCUT2D eigenvalue weighted by Crippen LogP contribution is 2.15. The molecule has 0 radical (unpaired) electrons. The zero-order valence-corrected chi connectivity index (χ0v) is 14.1. The van der Waals surface area contributed by atoms with Gasteiger partial charge in [-0.25, -0.2) is 17.9 Å². The van der Waals surface area contributed by atoms with Crippen LogP contribution in [-0.4, -0.2) is 46.0 Å². The summed E-state index contributed by atoms with van der Waals surface area (Å²) in [6.07, 6.45) is -1.42. The molecule has 11 heteroatoms. The number of sulfonamides is 1. The van der Waals surface area contributed by atoms with E-state index in [0.717, 1.165) is 11.3 Å². The Bertz CT molecular complexity index is 656. The summed E-state index contributed by atoms with van der Waals surface area (Å²) in [6, 6.07) is 2.32. The summed E-state index contributed by atoms with van der Waals surface area (Å²) in [5.74, 6) is -1.55. The number of urea groups is 1. The van der Waals surface area contributed by atoms with Crippen LogP contribution < -0.4 is 15.4 Å². The molecule has 0 saturated carbocycles. The van der Waals surface area contributed by atoms with Crippen LogP contribution in [-0.2, 0) is 24.3 Å². The van der Waals surface area contributed by atoms with Gasteiger partial charge in [0, 0.05) is 13.6 Å². The first-order valence-corrected chi connectivity index (χ1v) is 8.87. The number of esters is 1. The standard InChI is InChI=1S/C12H17N3O6S2/c1-8(11(17)15-12(18)13-2)21-9(16)5-6-14-23(19,20)10-4-3-7-22-10/h3-4,7-8,14H,5-6H2,1-2H3,(H2,13,15,17,18). The molecule has 128 valence electrons. The van der Waals surface area contributed by atoms with E-state index in [1.165, 1.54) is 20.0 Å². The molecule has 0 aliphatic rings. The van der Waals surface area contributed by atoms with Crippen LogP contribution >= 0.6 is 11.3 Å². The number of thiophene rings is 1. The van der Waals surface area contributed by atoms with Gasteiger partial charge in [0.2, 0.25) is 10.0 Å².